The zero-order valence-electron chi connectivity index (χ0n) is 68.8. The lowest BCUT2D eigenvalue weighted by Crippen LogP contribution is -2.44. The minimum Gasteiger partial charge on any atom is -0.480 e. The molecule has 20 nitrogen and oxygen atoms in total. The van der Waals surface area contributed by atoms with Gasteiger partial charge in [-0.3, -0.25) is 10.1 Å². The van der Waals surface area contributed by atoms with Crippen LogP contribution in [0.5, 0.6) is 0 Å². The molecule has 9 aromatic carbocycles. The smallest absolute Gasteiger partial charge is 0.412 e. The van der Waals surface area contributed by atoms with Gasteiger partial charge in [-0.25, -0.2) is 44.4 Å². The number of ether oxygens (including phenoxy) is 1. The summed E-state index contributed by atoms with van der Waals surface area (Å²) in [5.74, 6) is -1.02. The van der Waals surface area contributed by atoms with E-state index in [9.17, 15) is 54.3 Å². The number of carboxylic acids is 1. The lowest BCUT2D eigenvalue weighted by Gasteiger charge is -2.20. The van der Waals surface area contributed by atoms with Crippen molar-refractivity contribution in [3.05, 3.63) is 273 Å². The molecule has 0 spiro atoms. The van der Waals surface area contributed by atoms with E-state index in [-0.39, 0.29) is 55.5 Å². The number of anilines is 5. The Morgan fingerprint density at radius 3 is 1.03 bits per heavy atom. The van der Waals surface area contributed by atoms with Crippen LogP contribution in [0.2, 0.25) is 10.0 Å². The molecular weight excluding hydrogens is 1570 g/mol. The van der Waals surface area contributed by atoms with E-state index in [1.807, 2.05) is 69.3 Å². The number of ketones is 1. The van der Waals surface area contributed by atoms with E-state index in [1.165, 1.54) is 0 Å². The first-order valence-corrected chi connectivity index (χ1v) is 44.2. The van der Waals surface area contributed by atoms with E-state index >= 15 is 0 Å². The number of carbonyl (C=O) groups excluding carboxylic acids is 4. The molecule has 0 saturated heterocycles. The van der Waals surface area contributed by atoms with Gasteiger partial charge in [-0.15, -0.1) is 0 Å². The Labute approximate surface area is 696 Å². The van der Waals surface area contributed by atoms with Crippen LogP contribution in [0, 0.1) is 5.92 Å². The van der Waals surface area contributed by atoms with Gasteiger partial charge in [0.2, 0.25) is 0 Å². The van der Waals surface area contributed by atoms with Crippen molar-refractivity contribution in [3.63, 3.8) is 0 Å². The SMILES string of the molecule is CC(C)(C)OC(=O)Nc1ccc(N)cc1.CC(C)(C)c1ccc(S(=O)(=O)Cc2ccc(N)cc2)cc1.CC(C)(C)c1ccc(S(=O)(=O)Cc2ccc(NC(=O)N[C@H](Cc3ccc(Cl)cc3)C(=O)O)cc2)cc1.CCCCC(CC)CCC(=O)[C@@H](Cc1ccc(Cl)cc1)NC(=O)Nc1ccc(CS(=O)(=O)c2ccc(C(C)(C)C)cc2)cc1. The van der Waals surface area contributed by atoms with E-state index in [4.69, 9.17) is 39.4 Å². The summed E-state index contributed by atoms with van der Waals surface area (Å²) in [6.45, 7) is 28.5. The Morgan fingerprint density at radius 1 is 0.405 bits per heavy atom. The second-order valence-electron chi connectivity index (χ2n) is 32.7. The molecule has 3 atom stereocenters. The first-order chi connectivity index (χ1) is 54.2. The molecule has 0 radical (unpaired) electrons. The topological polar surface area (TPSA) is 329 Å². The Kier molecular flexibility index (Phi) is 34.9. The molecule has 622 valence electrons. The Morgan fingerprint density at radius 2 is 0.707 bits per heavy atom. The lowest BCUT2D eigenvalue weighted by atomic mass is 9.87. The molecule has 0 fully saturated rings. The third-order valence-corrected chi connectivity index (χ3v) is 24.2. The highest BCUT2D eigenvalue weighted by Crippen LogP contribution is 2.30. The number of halogens is 2. The van der Waals surface area contributed by atoms with Crippen molar-refractivity contribution in [2.24, 2.45) is 5.92 Å². The molecule has 9 aromatic rings. The highest BCUT2D eigenvalue weighted by molar-refractivity contribution is 7.91. The number of amides is 5. The standard InChI is InChI=1S/C36H47ClN2O4S.C27H29ClN2O5S.C17H21NO2S.C11H16N2O2/c1-6-8-9-26(7-2)14-23-34(40)33(24-27-10-17-30(37)18-11-27)39-35(41)38-31-19-12-28(13-20-31)25-44(42,43)32-21-15-29(16-22-32)36(3,4)5;1-27(2,3)20-8-14-23(15-9-20)36(34,35)17-19-6-12-22(13-7-19)29-26(33)30-24(25(31)32)16-18-4-10-21(28)11-5-18;1-17(2,3)14-6-10-16(11-7-14)21(19,20)12-13-4-8-15(18)9-5-13;1-11(2,3)15-10(14)13-9-6-4-8(12)5-7-9/h10-13,15-22,26,33H,6-9,14,23-25H2,1-5H3,(H2,38,39,41);4-15,24H,16-17H2,1-3H3,(H,31,32)(H2,29,30,33);4-11H,12,18H2,1-3H3;4-7H,12H2,1-3H3,(H,13,14)/t26?,33-;24-;;/m11../s1. The summed E-state index contributed by atoms with van der Waals surface area (Å²) in [4.78, 5) is 62.5. The summed E-state index contributed by atoms with van der Waals surface area (Å²) in [7, 11) is -10.4. The molecule has 0 aliphatic carbocycles. The van der Waals surface area contributed by atoms with Gasteiger partial charge in [0.15, 0.2) is 35.3 Å². The highest BCUT2D eigenvalue weighted by Gasteiger charge is 2.27. The molecule has 0 aromatic heterocycles. The highest BCUT2D eigenvalue weighted by atomic mass is 35.5. The quantitative estimate of drug-likeness (QED) is 0.0222. The number of rotatable bonds is 27. The molecule has 0 saturated carbocycles. The number of nitrogen functional groups attached to an aromatic ring is 2. The number of carbonyl (C=O) groups is 5. The van der Waals surface area contributed by atoms with Gasteiger partial charge >= 0.3 is 24.1 Å². The van der Waals surface area contributed by atoms with Gasteiger partial charge in [0.25, 0.3) is 0 Å². The number of sulfone groups is 3. The number of hydrogen-bond acceptors (Lipinski definition) is 14. The van der Waals surface area contributed by atoms with Gasteiger partial charge in [0.1, 0.15) is 11.6 Å². The van der Waals surface area contributed by atoms with Gasteiger partial charge in [0.05, 0.1) is 38.0 Å². The van der Waals surface area contributed by atoms with E-state index in [2.05, 4.69) is 103 Å². The van der Waals surface area contributed by atoms with Crippen molar-refractivity contribution in [1.29, 1.82) is 0 Å². The number of nitrogens with one attached hydrogen (secondary N) is 5. The van der Waals surface area contributed by atoms with Gasteiger partial charge in [-0.1, -0.05) is 222 Å². The fraction of sp³-hybridized carbons (Fsp3) is 0.352. The third-order valence-electron chi connectivity index (χ3n) is 18.6. The summed E-state index contributed by atoms with van der Waals surface area (Å²) in [5.41, 5.74) is 20.1. The van der Waals surface area contributed by atoms with Crippen LogP contribution in [0.3, 0.4) is 0 Å². The molecule has 116 heavy (non-hydrogen) atoms. The summed E-state index contributed by atoms with van der Waals surface area (Å²) >= 11 is 11.9. The number of benzene rings is 9. The Bertz CT molecular complexity index is 5030. The average Bonchev–Trinajstić information content (AvgIpc) is 0.823. The fourth-order valence-corrected chi connectivity index (χ4v) is 16.0. The second kappa shape index (κ2) is 42.7. The van der Waals surface area contributed by atoms with Crippen LogP contribution >= 0.6 is 23.2 Å². The molecule has 1 unspecified atom stereocenters. The van der Waals surface area contributed by atoms with Crippen LogP contribution < -0.4 is 38.1 Å². The fourth-order valence-electron chi connectivity index (χ4n) is 11.7. The monoisotopic (exact) mass is 1680 g/mol. The van der Waals surface area contributed by atoms with Gasteiger partial charge in [-0.05, 0) is 222 Å². The molecule has 9 rings (SSSR count). The molecule has 25 heteroatoms. The van der Waals surface area contributed by atoms with Crippen molar-refractivity contribution in [3.8, 4) is 0 Å². The molecule has 0 aliphatic rings. The number of Topliss-reactive ketones (excluding diaryl/α,β-unsaturated/α-hetero) is 1. The zero-order chi connectivity index (χ0) is 86.0. The summed E-state index contributed by atoms with van der Waals surface area (Å²) in [6, 6.07) is 58.9. The number of unbranched alkanes of at least 4 members (excludes halogenated alkanes) is 1. The van der Waals surface area contributed by atoms with E-state index in [0.29, 0.717) is 78.8 Å². The molecular formula is C91H113Cl2N7O13S3. The van der Waals surface area contributed by atoms with Crippen molar-refractivity contribution in [2.75, 3.05) is 27.4 Å². The Hall–Kier alpha value is -10.0. The molecule has 0 aliphatic heterocycles. The van der Waals surface area contributed by atoms with Crippen molar-refractivity contribution in [1.82, 2.24) is 10.6 Å². The maximum absolute atomic E-state index is 13.3. The largest absolute Gasteiger partial charge is 0.480 e. The van der Waals surface area contributed by atoms with Gasteiger partial charge in [-0.2, -0.15) is 0 Å². The van der Waals surface area contributed by atoms with Crippen LogP contribution in [-0.4, -0.2) is 78.0 Å². The van der Waals surface area contributed by atoms with Crippen LogP contribution in [0.15, 0.2) is 233 Å². The summed E-state index contributed by atoms with van der Waals surface area (Å²) in [5, 5.41) is 23.9. The number of hydrogen-bond donors (Lipinski definition) is 8. The van der Waals surface area contributed by atoms with Crippen LogP contribution in [0.4, 0.5) is 42.8 Å². The molecule has 0 bridgehead atoms. The number of nitrogens with two attached hydrogens (primary N) is 2. The van der Waals surface area contributed by atoms with E-state index in [1.54, 1.807) is 170 Å². The number of aliphatic carboxylic acids is 1. The van der Waals surface area contributed by atoms with Crippen molar-refractivity contribution >= 4 is 111 Å². The normalized spacial score (nSPS) is 12.6. The predicted molar refractivity (Wildman–Crippen MR) is 470 cm³/mol. The van der Waals surface area contributed by atoms with Crippen molar-refractivity contribution < 1.29 is 59.1 Å². The second-order valence-corrected chi connectivity index (χ2v) is 39.5. The van der Waals surface area contributed by atoms with E-state index < -0.39 is 71.3 Å². The van der Waals surface area contributed by atoms with Crippen LogP contribution in [0.1, 0.15) is 180 Å². The minimum atomic E-state index is -3.54. The van der Waals surface area contributed by atoms with E-state index in [0.717, 1.165) is 59.9 Å². The Balaban J connectivity index is 0.000000258. The number of carboxylic acid groups (broad SMARTS) is 1. The predicted octanol–water partition coefficient (Wildman–Crippen LogP) is 20.5. The maximum atomic E-state index is 13.3. The first kappa shape index (κ1) is 94.8. The minimum absolute atomic E-state index is 0.00105. The average molecular weight is 1680 g/mol. The molecule has 0 heterocycles. The summed E-state index contributed by atoms with van der Waals surface area (Å²) in [6.07, 6.45) is 5.62. The van der Waals surface area contributed by atoms with Crippen LogP contribution in [0.25, 0.3) is 0 Å². The molecule has 5 amide bonds. The molecule has 10 N–H and O–H groups in total. The third kappa shape index (κ3) is 32.9. The lowest BCUT2D eigenvalue weighted by molar-refractivity contribution is -0.139. The zero-order valence-corrected chi connectivity index (χ0v) is 72.7. The van der Waals surface area contributed by atoms with Crippen LogP contribution in [-0.2, 0) is 90.2 Å². The number of urea groups is 2. The van der Waals surface area contributed by atoms with Gasteiger partial charge in [0, 0.05) is 51.3 Å². The first-order valence-electron chi connectivity index (χ1n) is 38.5. The summed E-state index contributed by atoms with van der Waals surface area (Å²) < 4.78 is 81.6. The van der Waals surface area contributed by atoms with Gasteiger partial charge < -0.3 is 42.6 Å². The maximum Gasteiger partial charge on any atom is 0.412 e. The van der Waals surface area contributed by atoms with Crippen molar-refractivity contribution in [2.45, 2.75) is 214 Å².